The molecule has 0 radical (unpaired) electrons. The summed E-state index contributed by atoms with van der Waals surface area (Å²) in [4.78, 5) is 2.40. The molecule has 0 saturated heterocycles. The van der Waals surface area contributed by atoms with Gasteiger partial charge in [0.05, 0.1) is 0 Å². The Labute approximate surface area is 307 Å². The average molecular weight is 666 g/mol. The van der Waals surface area contributed by atoms with Crippen LogP contribution in [0.4, 0.5) is 17.1 Å². The van der Waals surface area contributed by atoms with Crippen molar-refractivity contribution in [1.29, 1.82) is 0 Å². The van der Waals surface area contributed by atoms with Crippen LogP contribution >= 0.6 is 0 Å². The van der Waals surface area contributed by atoms with Gasteiger partial charge in [0.15, 0.2) is 0 Å². The lowest BCUT2D eigenvalue weighted by atomic mass is 9.82. The predicted octanol–water partition coefficient (Wildman–Crippen LogP) is 14.1. The van der Waals surface area contributed by atoms with Gasteiger partial charge in [0, 0.05) is 22.5 Å². The second-order valence-corrected chi connectivity index (χ2v) is 14.2. The first kappa shape index (κ1) is 31.5. The largest absolute Gasteiger partial charge is 0.310 e. The van der Waals surface area contributed by atoms with E-state index in [4.69, 9.17) is 0 Å². The van der Waals surface area contributed by atoms with Crippen molar-refractivity contribution in [3.8, 4) is 55.6 Å². The standard InChI is InChI=1S/C51H39N/c1-51(2)48-24-13-12-21-46(48)47-34-33-43(35-49(47)51)52(41-29-25-37(26-30-41)36-15-6-3-7-16-36)42-31-27-40(28-32-42)50-44(38-17-8-4-9-18-38)22-14-23-45(50)39-19-10-5-11-20-39/h3-35H,1-2H3. The second kappa shape index (κ2) is 13.0. The summed E-state index contributed by atoms with van der Waals surface area (Å²) in [6.45, 7) is 4.70. The first-order chi connectivity index (χ1) is 25.6. The van der Waals surface area contributed by atoms with Crippen LogP contribution in [0.5, 0.6) is 0 Å². The zero-order chi connectivity index (χ0) is 35.1. The van der Waals surface area contributed by atoms with Gasteiger partial charge in [-0.15, -0.1) is 0 Å². The number of anilines is 3. The Kier molecular flexibility index (Phi) is 7.90. The summed E-state index contributed by atoms with van der Waals surface area (Å²) in [6, 6.07) is 72.7. The third-order valence-corrected chi connectivity index (χ3v) is 10.7. The molecule has 0 heterocycles. The Morgan fingerprint density at radius 2 is 0.731 bits per heavy atom. The monoisotopic (exact) mass is 665 g/mol. The first-order valence-corrected chi connectivity index (χ1v) is 18.1. The van der Waals surface area contributed by atoms with E-state index < -0.39 is 0 Å². The number of hydrogen-bond donors (Lipinski definition) is 0. The van der Waals surface area contributed by atoms with Crippen molar-refractivity contribution in [2.45, 2.75) is 19.3 Å². The molecule has 0 fully saturated rings. The Bertz CT molecular complexity index is 2440. The summed E-state index contributed by atoms with van der Waals surface area (Å²) in [5.74, 6) is 0. The smallest absolute Gasteiger partial charge is 0.0465 e. The number of fused-ring (bicyclic) bond motifs is 3. The maximum Gasteiger partial charge on any atom is 0.0465 e. The van der Waals surface area contributed by atoms with Crippen molar-refractivity contribution in [2.24, 2.45) is 0 Å². The average Bonchev–Trinajstić information content (AvgIpc) is 3.44. The van der Waals surface area contributed by atoms with E-state index in [1.165, 1.54) is 66.8 Å². The quantitative estimate of drug-likeness (QED) is 0.164. The highest BCUT2D eigenvalue weighted by Crippen LogP contribution is 2.51. The van der Waals surface area contributed by atoms with E-state index in [1.807, 2.05) is 0 Å². The molecule has 1 nitrogen and oxygen atoms in total. The van der Waals surface area contributed by atoms with E-state index >= 15 is 0 Å². The van der Waals surface area contributed by atoms with Crippen LogP contribution in [0.15, 0.2) is 200 Å². The molecule has 0 saturated carbocycles. The molecule has 1 aliphatic rings. The molecule has 9 rings (SSSR count). The Balaban J connectivity index is 1.18. The predicted molar refractivity (Wildman–Crippen MR) is 220 cm³/mol. The molecular weight excluding hydrogens is 627 g/mol. The fourth-order valence-corrected chi connectivity index (χ4v) is 8.07. The van der Waals surface area contributed by atoms with Gasteiger partial charge in [0.25, 0.3) is 0 Å². The zero-order valence-corrected chi connectivity index (χ0v) is 29.5. The highest BCUT2D eigenvalue weighted by Gasteiger charge is 2.35. The van der Waals surface area contributed by atoms with Crippen LogP contribution in [0.3, 0.4) is 0 Å². The van der Waals surface area contributed by atoms with Crippen LogP contribution in [0.2, 0.25) is 0 Å². The molecule has 52 heavy (non-hydrogen) atoms. The van der Waals surface area contributed by atoms with Gasteiger partial charge in [-0.05, 0) is 103 Å². The van der Waals surface area contributed by atoms with Crippen molar-refractivity contribution in [2.75, 3.05) is 4.90 Å². The SMILES string of the molecule is CC1(C)c2ccccc2-c2ccc(N(c3ccc(-c4ccccc4)cc3)c3ccc(-c4c(-c5ccccc5)cccc4-c4ccccc4)cc3)cc21. The zero-order valence-electron chi connectivity index (χ0n) is 29.5. The van der Waals surface area contributed by atoms with Crippen molar-refractivity contribution >= 4 is 17.1 Å². The molecule has 0 aliphatic heterocycles. The van der Waals surface area contributed by atoms with Crippen molar-refractivity contribution in [3.63, 3.8) is 0 Å². The molecule has 8 aromatic rings. The summed E-state index contributed by atoms with van der Waals surface area (Å²) in [7, 11) is 0. The van der Waals surface area contributed by atoms with Crippen molar-refractivity contribution in [1.82, 2.24) is 0 Å². The molecule has 0 atom stereocenters. The Hall–Kier alpha value is -6.44. The van der Waals surface area contributed by atoms with Crippen LogP contribution in [0.25, 0.3) is 55.6 Å². The third kappa shape index (κ3) is 5.52. The Morgan fingerprint density at radius 1 is 0.308 bits per heavy atom. The van der Waals surface area contributed by atoms with E-state index in [9.17, 15) is 0 Å². The summed E-state index contributed by atoms with van der Waals surface area (Å²) in [6.07, 6.45) is 0. The molecule has 248 valence electrons. The van der Waals surface area contributed by atoms with Gasteiger partial charge in [0.2, 0.25) is 0 Å². The fraction of sp³-hybridized carbons (Fsp3) is 0.0588. The molecule has 0 N–H and O–H groups in total. The molecule has 0 aromatic heterocycles. The topological polar surface area (TPSA) is 3.24 Å². The minimum absolute atomic E-state index is 0.0936. The molecule has 0 unspecified atom stereocenters. The molecule has 8 aromatic carbocycles. The molecule has 0 bridgehead atoms. The van der Waals surface area contributed by atoms with Gasteiger partial charge in [-0.1, -0.05) is 178 Å². The van der Waals surface area contributed by atoms with E-state index in [-0.39, 0.29) is 5.41 Å². The molecule has 0 amide bonds. The van der Waals surface area contributed by atoms with Crippen LogP contribution in [-0.4, -0.2) is 0 Å². The third-order valence-electron chi connectivity index (χ3n) is 10.7. The molecular formula is C51H39N. The maximum absolute atomic E-state index is 2.41. The maximum atomic E-state index is 2.41. The van der Waals surface area contributed by atoms with E-state index in [0.29, 0.717) is 0 Å². The van der Waals surface area contributed by atoms with Crippen LogP contribution in [0, 0.1) is 0 Å². The summed E-state index contributed by atoms with van der Waals surface area (Å²) in [5, 5.41) is 0. The van der Waals surface area contributed by atoms with Gasteiger partial charge >= 0.3 is 0 Å². The van der Waals surface area contributed by atoms with Crippen LogP contribution < -0.4 is 4.90 Å². The lowest BCUT2D eigenvalue weighted by molar-refractivity contribution is 0.660. The van der Waals surface area contributed by atoms with Gasteiger partial charge < -0.3 is 4.90 Å². The number of benzene rings is 8. The van der Waals surface area contributed by atoms with Crippen LogP contribution in [0.1, 0.15) is 25.0 Å². The van der Waals surface area contributed by atoms with E-state index in [2.05, 4.69) is 219 Å². The highest BCUT2D eigenvalue weighted by molar-refractivity contribution is 5.95. The van der Waals surface area contributed by atoms with Gasteiger partial charge in [-0.25, -0.2) is 0 Å². The van der Waals surface area contributed by atoms with Gasteiger partial charge in [0.1, 0.15) is 0 Å². The lowest BCUT2D eigenvalue weighted by Crippen LogP contribution is -2.16. The number of nitrogens with zero attached hydrogens (tertiary/aromatic N) is 1. The van der Waals surface area contributed by atoms with Crippen LogP contribution in [-0.2, 0) is 5.41 Å². The molecule has 1 aliphatic carbocycles. The molecule has 0 spiro atoms. The minimum atomic E-state index is -0.0936. The first-order valence-electron chi connectivity index (χ1n) is 18.1. The summed E-state index contributed by atoms with van der Waals surface area (Å²) >= 11 is 0. The van der Waals surface area contributed by atoms with Crippen molar-refractivity contribution < 1.29 is 0 Å². The van der Waals surface area contributed by atoms with Gasteiger partial charge in [-0.3, -0.25) is 0 Å². The lowest BCUT2D eigenvalue weighted by Gasteiger charge is -2.28. The normalized spacial score (nSPS) is 12.6. The summed E-state index contributed by atoms with van der Waals surface area (Å²) in [5.41, 5.74) is 18.4. The second-order valence-electron chi connectivity index (χ2n) is 14.2. The minimum Gasteiger partial charge on any atom is -0.310 e. The van der Waals surface area contributed by atoms with E-state index in [0.717, 1.165) is 17.1 Å². The Morgan fingerprint density at radius 3 is 1.31 bits per heavy atom. The number of hydrogen-bond acceptors (Lipinski definition) is 1. The highest BCUT2D eigenvalue weighted by atomic mass is 15.1. The molecule has 1 heteroatoms. The van der Waals surface area contributed by atoms with Gasteiger partial charge in [-0.2, -0.15) is 0 Å². The fourth-order valence-electron chi connectivity index (χ4n) is 8.07. The van der Waals surface area contributed by atoms with Crippen molar-refractivity contribution in [3.05, 3.63) is 211 Å². The number of rotatable bonds is 7. The summed E-state index contributed by atoms with van der Waals surface area (Å²) < 4.78 is 0. The van der Waals surface area contributed by atoms with E-state index in [1.54, 1.807) is 0 Å².